The van der Waals surface area contributed by atoms with E-state index >= 15 is 0 Å². The third-order valence-electron chi connectivity index (χ3n) is 2.77. The van der Waals surface area contributed by atoms with Crippen LogP contribution in [0.3, 0.4) is 0 Å². The molecule has 2 rings (SSSR count). The fourth-order valence-electron chi connectivity index (χ4n) is 1.81. The van der Waals surface area contributed by atoms with Crippen LogP contribution in [0.15, 0.2) is 30.7 Å². The molecule has 1 atom stereocenters. The summed E-state index contributed by atoms with van der Waals surface area (Å²) in [5.41, 5.74) is -0.145. The van der Waals surface area contributed by atoms with E-state index in [1.165, 1.54) is 18.4 Å². The van der Waals surface area contributed by atoms with Crippen molar-refractivity contribution in [2.75, 3.05) is 0 Å². The maximum Gasteiger partial charge on any atom is 0.163 e. The lowest BCUT2D eigenvalue weighted by Crippen LogP contribution is -2.33. The van der Waals surface area contributed by atoms with Gasteiger partial charge in [0, 0.05) is 6.08 Å². The van der Waals surface area contributed by atoms with Gasteiger partial charge in [-0.2, -0.15) is 0 Å². The quantitative estimate of drug-likeness (QED) is 0.769. The average molecular weight is 221 g/mol. The Morgan fingerprint density at radius 2 is 2.38 bits per heavy atom. The predicted molar refractivity (Wildman–Crippen MR) is 56.0 cm³/mol. The molecule has 3 nitrogen and oxygen atoms in total. The number of ether oxygens (including phenoxy) is 1. The zero-order chi connectivity index (χ0) is 11.6. The molecule has 0 saturated heterocycles. The van der Waals surface area contributed by atoms with E-state index in [-0.39, 0.29) is 12.2 Å². The van der Waals surface area contributed by atoms with Gasteiger partial charge in [0.05, 0.1) is 24.6 Å². The molecule has 1 aromatic rings. The predicted octanol–water partition coefficient (Wildman–Crippen LogP) is 2.33. The molecule has 0 fully saturated rings. The third kappa shape index (κ3) is 1.83. The molecule has 0 spiro atoms. The van der Waals surface area contributed by atoms with Crippen LogP contribution in [0.5, 0.6) is 0 Å². The summed E-state index contributed by atoms with van der Waals surface area (Å²) in [6, 6.07) is 2.89. The van der Waals surface area contributed by atoms with Crippen LogP contribution in [0.25, 0.3) is 0 Å². The number of hydrogen-bond acceptors (Lipinski definition) is 3. The van der Waals surface area contributed by atoms with Gasteiger partial charge in [-0.05, 0) is 18.6 Å². The van der Waals surface area contributed by atoms with Gasteiger partial charge in [-0.25, -0.2) is 4.39 Å². The number of hydrogen-bond donors (Lipinski definition) is 0. The number of carbonyl (C=O) groups is 1. The summed E-state index contributed by atoms with van der Waals surface area (Å²) in [5.74, 6) is -0.396. The van der Waals surface area contributed by atoms with Crippen molar-refractivity contribution in [3.8, 4) is 0 Å². The largest absolute Gasteiger partial charge is 0.488 e. The zero-order valence-electron chi connectivity index (χ0n) is 8.94. The fourth-order valence-corrected chi connectivity index (χ4v) is 1.81. The van der Waals surface area contributed by atoms with Crippen molar-refractivity contribution in [2.45, 2.75) is 25.4 Å². The Hall–Kier alpha value is -1.71. The second kappa shape index (κ2) is 4.04. The van der Waals surface area contributed by atoms with Gasteiger partial charge < -0.3 is 4.74 Å². The Morgan fingerprint density at radius 3 is 2.94 bits per heavy atom. The number of nitrogens with zero attached hydrogens (tertiary/aromatic N) is 1. The highest BCUT2D eigenvalue weighted by Crippen LogP contribution is 2.34. The second-order valence-electron chi connectivity index (χ2n) is 3.77. The number of halogens is 1. The first kappa shape index (κ1) is 10.8. The molecule has 2 heterocycles. The molecule has 1 aromatic heterocycles. The monoisotopic (exact) mass is 221 g/mol. The lowest BCUT2D eigenvalue weighted by Gasteiger charge is -2.32. The smallest absolute Gasteiger partial charge is 0.163 e. The molecule has 1 unspecified atom stereocenters. The highest BCUT2D eigenvalue weighted by molar-refractivity contribution is 5.90. The van der Waals surface area contributed by atoms with Crippen LogP contribution in [0.2, 0.25) is 0 Å². The maximum absolute atomic E-state index is 12.8. The summed E-state index contributed by atoms with van der Waals surface area (Å²) in [6.07, 6.45) is 4.79. The summed E-state index contributed by atoms with van der Waals surface area (Å²) in [5, 5.41) is 0. The van der Waals surface area contributed by atoms with E-state index in [1.807, 2.05) is 6.92 Å². The molecule has 0 aliphatic carbocycles. The van der Waals surface area contributed by atoms with E-state index in [1.54, 1.807) is 6.07 Å². The van der Waals surface area contributed by atoms with Crippen molar-refractivity contribution in [3.63, 3.8) is 0 Å². The maximum atomic E-state index is 12.8. The summed E-state index contributed by atoms with van der Waals surface area (Å²) >= 11 is 0. The Kier molecular flexibility index (Phi) is 2.73. The molecule has 0 bridgehead atoms. The van der Waals surface area contributed by atoms with Crippen molar-refractivity contribution in [3.05, 3.63) is 42.2 Å². The summed E-state index contributed by atoms with van der Waals surface area (Å²) in [4.78, 5) is 15.4. The summed E-state index contributed by atoms with van der Waals surface area (Å²) < 4.78 is 18.3. The molecule has 0 amide bonds. The Balaban J connectivity index is 2.38. The van der Waals surface area contributed by atoms with Crippen molar-refractivity contribution in [1.29, 1.82) is 0 Å². The average Bonchev–Trinajstić information content (AvgIpc) is 2.29. The SMILES string of the molecule is CCC1(c2ccc(F)cn2)CC(=O)C=CO1. The number of pyridine rings is 1. The van der Waals surface area contributed by atoms with Gasteiger partial charge in [-0.3, -0.25) is 9.78 Å². The molecule has 0 aromatic carbocycles. The lowest BCUT2D eigenvalue weighted by molar-refractivity contribution is -0.123. The number of carbonyl (C=O) groups excluding carboxylic acids is 1. The number of rotatable bonds is 2. The van der Waals surface area contributed by atoms with Crippen molar-refractivity contribution < 1.29 is 13.9 Å². The van der Waals surface area contributed by atoms with Crippen LogP contribution in [0, 0.1) is 5.82 Å². The van der Waals surface area contributed by atoms with E-state index in [4.69, 9.17) is 4.74 Å². The second-order valence-corrected chi connectivity index (χ2v) is 3.77. The zero-order valence-corrected chi connectivity index (χ0v) is 8.94. The third-order valence-corrected chi connectivity index (χ3v) is 2.77. The molecule has 4 heteroatoms. The molecule has 0 saturated carbocycles. The van der Waals surface area contributed by atoms with Gasteiger partial charge in [0.1, 0.15) is 5.82 Å². The van der Waals surface area contributed by atoms with Crippen LogP contribution in [-0.2, 0) is 15.1 Å². The minimum atomic E-state index is -0.737. The van der Waals surface area contributed by atoms with Crippen LogP contribution in [0.4, 0.5) is 4.39 Å². The molecular formula is C12H12FNO2. The molecule has 0 N–H and O–H groups in total. The standard InChI is InChI=1S/C12H12FNO2/c1-2-12(7-10(15)5-6-16-12)11-4-3-9(13)8-14-11/h3-6,8H,2,7H2,1H3. The van der Waals surface area contributed by atoms with E-state index in [0.29, 0.717) is 12.1 Å². The van der Waals surface area contributed by atoms with E-state index in [2.05, 4.69) is 4.98 Å². The lowest BCUT2D eigenvalue weighted by atomic mass is 9.88. The van der Waals surface area contributed by atoms with Crippen molar-refractivity contribution >= 4 is 5.78 Å². The molecule has 0 radical (unpaired) electrons. The minimum absolute atomic E-state index is 0.000718. The Bertz CT molecular complexity index is 427. The Labute approximate surface area is 93.0 Å². The number of aromatic nitrogens is 1. The highest BCUT2D eigenvalue weighted by atomic mass is 19.1. The number of allylic oxidation sites excluding steroid dienone is 1. The number of ketones is 1. The van der Waals surface area contributed by atoms with Gasteiger partial charge in [-0.15, -0.1) is 0 Å². The summed E-state index contributed by atoms with van der Waals surface area (Å²) in [7, 11) is 0. The molecule has 1 aliphatic heterocycles. The highest BCUT2D eigenvalue weighted by Gasteiger charge is 2.37. The summed E-state index contributed by atoms with van der Waals surface area (Å²) in [6.45, 7) is 1.91. The van der Waals surface area contributed by atoms with Gasteiger partial charge in [0.2, 0.25) is 0 Å². The first-order valence-corrected chi connectivity index (χ1v) is 5.15. The van der Waals surface area contributed by atoms with E-state index in [9.17, 15) is 9.18 Å². The van der Waals surface area contributed by atoms with E-state index in [0.717, 1.165) is 6.20 Å². The van der Waals surface area contributed by atoms with Crippen LogP contribution in [0.1, 0.15) is 25.5 Å². The minimum Gasteiger partial charge on any atom is -0.488 e. The first-order chi connectivity index (χ1) is 7.66. The molecular weight excluding hydrogens is 209 g/mol. The Morgan fingerprint density at radius 1 is 1.56 bits per heavy atom. The van der Waals surface area contributed by atoms with Gasteiger partial charge in [0.25, 0.3) is 0 Å². The topological polar surface area (TPSA) is 39.2 Å². The van der Waals surface area contributed by atoms with Gasteiger partial charge in [0.15, 0.2) is 11.4 Å². The van der Waals surface area contributed by atoms with Crippen LogP contribution < -0.4 is 0 Å². The van der Waals surface area contributed by atoms with Gasteiger partial charge in [-0.1, -0.05) is 6.92 Å². The van der Waals surface area contributed by atoms with Crippen molar-refractivity contribution in [2.24, 2.45) is 0 Å². The van der Waals surface area contributed by atoms with Crippen molar-refractivity contribution in [1.82, 2.24) is 4.98 Å². The fraction of sp³-hybridized carbons (Fsp3) is 0.333. The van der Waals surface area contributed by atoms with E-state index < -0.39 is 11.4 Å². The normalized spacial score (nSPS) is 24.2. The van der Waals surface area contributed by atoms with Crippen LogP contribution in [-0.4, -0.2) is 10.8 Å². The molecule has 84 valence electrons. The van der Waals surface area contributed by atoms with Crippen LogP contribution >= 0.6 is 0 Å². The van der Waals surface area contributed by atoms with Gasteiger partial charge >= 0.3 is 0 Å². The molecule has 1 aliphatic rings. The first-order valence-electron chi connectivity index (χ1n) is 5.15. The molecule has 16 heavy (non-hydrogen) atoms.